The van der Waals surface area contributed by atoms with Crippen LogP contribution in [0.15, 0.2) is 65.1 Å². The van der Waals surface area contributed by atoms with Crippen LogP contribution in [0.5, 0.6) is 5.75 Å². The molecular formula is C24H20Cl2N2O3. The second-order valence-electron chi connectivity index (χ2n) is 7.51. The Morgan fingerprint density at radius 1 is 1.06 bits per heavy atom. The zero-order chi connectivity index (χ0) is 22.0. The molecule has 1 heterocycles. The lowest BCUT2D eigenvalue weighted by Gasteiger charge is -2.09. The fourth-order valence-electron chi connectivity index (χ4n) is 2.95. The van der Waals surface area contributed by atoms with Crippen molar-refractivity contribution < 1.29 is 13.9 Å². The zero-order valence-electron chi connectivity index (χ0n) is 17.0. The highest BCUT2D eigenvalue weighted by Gasteiger charge is 2.13. The molecule has 4 rings (SSSR count). The first-order valence-corrected chi connectivity index (χ1v) is 10.5. The number of rotatable bonds is 6. The van der Waals surface area contributed by atoms with Gasteiger partial charge < -0.3 is 14.5 Å². The van der Waals surface area contributed by atoms with Crippen molar-refractivity contribution in [3.05, 3.63) is 76.3 Å². The Hall–Kier alpha value is -3.02. The van der Waals surface area contributed by atoms with E-state index in [2.05, 4.69) is 24.1 Å². The molecule has 0 fully saturated rings. The summed E-state index contributed by atoms with van der Waals surface area (Å²) >= 11 is 12.2. The molecule has 0 saturated carbocycles. The van der Waals surface area contributed by atoms with Crippen molar-refractivity contribution in [1.82, 2.24) is 4.98 Å². The van der Waals surface area contributed by atoms with Gasteiger partial charge in [-0.15, -0.1) is 0 Å². The Balaban J connectivity index is 1.50. The summed E-state index contributed by atoms with van der Waals surface area (Å²) in [5.41, 5.74) is 2.99. The van der Waals surface area contributed by atoms with Crippen molar-refractivity contribution in [2.45, 2.75) is 13.8 Å². The van der Waals surface area contributed by atoms with Gasteiger partial charge in [0.05, 0.1) is 17.2 Å². The Labute approximate surface area is 189 Å². The first-order chi connectivity index (χ1) is 14.9. The Morgan fingerprint density at radius 2 is 1.84 bits per heavy atom. The van der Waals surface area contributed by atoms with E-state index in [1.807, 2.05) is 0 Å². The molecule has 7 heteroatoms. The van der Waals surface area contributed by atoms with Crippen LogP contribution in [0.25, 0.3) is 22.6 Å². The number of aromatic nitrogens is 1. The SMILES string of the molecule is CC(C)COc1ccc(C(=O)Nc2ccc3oc(-c4ccc(Cl)cc4Cl)nc3c2)cc1. The zero-order valence-corrected chi connectivity index (χ0v) is 18.5. The molecule has 0 aliphatic carbocycles. The number of anilines is 1. The second kappa shape index (κ2) is 9.00. The standard InChI is InChI=1S/C24H20Cl2N2O3/c1-14(2)13-30-18-7-3-15(4-8-18)23(29)27-17-6-10-22-21(12-17)28-24(31-22)19-9-5-16(25)11-20(19)26/h3-12,14H,13H2,1-2H3,(H,27,29). The van der Waals surface area contributed by atoms with Crippen molar-refractivity contribution in [1.29, 1.82) is 0 Å². The van der Waals surface area contributed by atoms with Crippen LogP contribution in [0.1, 0.15) is 24.2 Å². The fraction of sp³-hybridized carbons (Fsp3) is 0.167. The molecule has 0 radical (unpaired) electrons. The number of oxazole rings is 1. The van der Waals surface area contributed by atoms with Gasteiger partial charge in [0.1, 0.15) is 11.3 Å². The van der Waals surface area contributed by atoms with E-state index in [1.165, 1.54) is 0 Å². The smallest absolute Gasteiger partial charge is 0.255 e. The highest BCUT2D eigenvalue weighted by Crippen LogP contribution is 2.32. The third-order valence-corrected chi connectivity index (χ3v) is 5.05. The van der Waals surface area contributed by atoms with Gasteiger partial charge in [-0.1, -0.05) is 37.0 Å². The summed E-state index contributed by atoms with van der Waals surface area (Å²) in [6, 6.07) is 17.4. The van der Waals surface area contributed by atoms with Gasteiger partial charge in [0.25, 0.3) is 5.91 Å². The first kappa shape index (κ1) is 21.2. The maximum atomic E-state index is 12.6. The molecule has 31 heavy (non-hydrogen) atoms. The van der Waals surface area contributed by atoms with Crippen LogP contribution in [0, 0.1) is 5.92 Å². The average Bonchev–Trinajstić information content (AvgIpc) is 3.15. The van der Waals surface area contributed by atoms with E-state index in [0.717, 1.165) is 5.75 Å². The normalized spacial score (nSPS) is 11.1. The van der Waals surface area contributed by atoms with Gasteiger partial charge in [0, 0.05) is 16.3 Å². The third-order valence-electron chi connectivity index (χ3n) is 4.51. The van der Waals surface area contributed by atoms with Crippen LogP contribution in [-0.4, -0.2) is 17.5 Å². The van der Waals surface area contributed by atoms with E-state index < -0.39 is 0 Å². The van der Waals surface area contributed by atoms with Crippen LogP contribution >= 0.6 is 23.2 Å². The maximum absolute atomic E-state index is 12.6. The molecule has 0 unspecified atom stereocenters. The highest BCUT2D eigenvalue weighted by atomic mass is 35.5. The summed E-state index contributed by atoms with van der Waals surface area (Å²) < 4.78 is 11.5. The van der Waals surface area contributed by atoms with Crippen molar-refractivity contribution >= 4 is 45.9 Å². The molecule has 0 aliphatic rings. The highest BCUT2D eigenvalue weighted by molar-refractivity contribution is 6.36. The number of nitrogens with one attached hydrogen (secondary N) is 1. The van der Waals surface area contributed by atoms with Crippen LogP contribution < -0.4 is 10.1 Å². The topological polar surface area (TPSA) is 64.4 Å². The number of amides is 1. The maximum Gasteiger partial charge on any atom is 0.255 e. The van der Waals surface area contributed by atoms with Crippen LogP contribution in [0.3, 0.4) is 0 Å². The van der Waals surface area contributed by atoms with E-state index in [-0.39, 0.29) is 5.91 Å². The molecule has 3 aromatic carbocycles. The number of carbonyl (C=O) groups excluding carboxylic acids is 1. The van der Waals surface area contributed by atoms with Crippen LogP contribution in [-0.2, 0) is 0 Å². The molecule has 5 nitrogen and oxygen atoms in total. The molecule has 0 spiro atoms. The van der Waals surface area contributed by atoms with E-state index >= 15 is 0 Å². The molecule has 0 bridgehead atoms. The van der Waals surface area contributed by atoms with Crippen molar-refractivity contribution in [3.8, 4) is 17.2 Å². The summed E-state index contributed by atoms with van der Waals surface area (Å²) in [6.07, 6.45) is 0. The molecule has 1 N–H and O–H groups in total. The molecular weight excluding hydrogens is 435 g/mol. The van der Waals surface area contributed by atoms with Gasteiger partial charge in [-0.2, -0.15) is 0 Å². The van der Waals surface area contributed by atoms with Gasteiger partial charge in [0.2, 0.25) is 5.89 Å². The van der Waals surface area contributed by atoms with Crippen LogP contribution in [0.2, 0.25) is 10.0 Å². The molecule has 4 aromatic rings. The minimum atomic E-state index is -0.223. The fourth-order valence-corrected chi connectivity index (χ4v) is 3.44. The largest absolute Gasteiger partial charge is 0.493 e. The quantitative estimate of drug-likeness (QED) is 0.337. The lowest BCUT2D eigenvalue weighted by atomic mass is 10.2. The van der Waals surface area contributed by atoms with Crippen molar-refractivity contribution in [2.75, 3.05) is 11.9 Å². The summed E-state index contributed by atoms with van der Waals surface area (Å²) in [4.78, 5) is 17.1. The van der Waals surface area contributed by atoms with E-state index in [0.29, 0.717) is 56.4 Å². The second-order valence-corrected chi connectivity index (χ2v) is 8.35. The minimum absolute atomic E-state index is 0.223. The predicted octanol–water partition coefficient (Wildman–Crippen LogP) is 7.09. The molecule has 158 valence electrons. The predicted molar refractivity (Wildman–Crippen MR) is 124 cm³/mol. The summed E-state index contributed by atoms with van der Waals surface area (Å²) in [6.45, 7) is 4.80. The van der Waals surface area contributed by atoms with Gasteiger partial charge in [-0.25, -0.2) is 4.98 Å². The van der Waals surface area contributed by atoms with E-state index in [4.69, 9.17) is 32.4 Å². The molecule has 1 amide bonds. The van der Waals surface area contributed by atoms with Crippen molar-refractivity contribution in [3.63, 3.8) is 0 Å². The number of ether oxygens (including phenoxy) is 1. The summed E-state index contributed by atoms with van der Waals surface area (Å²) in [5, 5.41) is 3.87. The van der Waals surface area contributed by atoms with E-state index in [1.54, 1.807) is 60.7 Å². The van der Waals surface area contributed by atoms with E-state index in [9.17, 15) is 4.79 Å². The molecule has 0 atom stereocenters. The lowest BCUT2D eigenvalue weighted by Crippen LogP contribution is -2.12. The van der Waals surface area contributed by atoms with Gasteiger partial charge in [-0.05, 0) is 66.6 Å². The van der Waals surface area contributed by atoms with Gasteiger partial charge in [-0.3, -0.25) is 4.79 Å². The summed E-state index contributed by atoms with van der Waals surface area (Å²) in [7, 11) is 0. The van der Waals surface area contributed by atoms with Crippen LogP contribution in [0.4, 0.5) is 5.69 Å². The van der Waals surface area contributed by atoms with Crippen molar-refractivity contribution in [2.24, 2.45) is 5.92 Å². The van der Waals surface area contributed by atoms with Gasteiger partial charge in [0.15, 0.2) is 5.58 Å². The number of carbonyl (C=O) groups is 1. The number of hydrogen-bond acceptors (Lipinski definition) is 4. The monoisotopic (exact) mass is 454 g/mol. The molecule has 0 saturated heterocycles. The number of halogens is 2. The number of benzene rings is 3. The minimum Gasteiger partial charge on any atom is -0.493 e. The Kier molecular flexibility index (Phi) is 6.16. The molecule has 1 aromatic heterocycles. The average molecular weight is 455 g/mol. The summed E-state index contributed by atoms with van der Waals surface area (Å²) in [5.74, 6) is 1.34. The van der Waals surface area contributed by atoms with Gasteiger partial charge >= 0.3 is 0 Å². The lowest BCUT2D eigenvalue weighted by molar-refractivity contribution is 0.102. The Morgan fingerprint density at radius 3 is 2.55 bits per heavy atom. The number of hydrogen-bond donors (Lipinski definition) is 1. The number of nitrogens with zero attached hydrogens (tertiary/aromatic N) is 1. The third kappa shape index (κ3) is 5.01. The first-order valence-electron chi connectivity index (χ1n) is 9.79. The number of fused-ring (bicyclic) bond motifs is 1. The molecule has 0 aliphatic heterocycles. The Bertz CT molecular complexity index is 1230.